The molecule has 0 fully saturated rings. The monoisotopic (exact) mass is 258 g/mol. The molecule has 2 unspecified atom stereocenters. The Morgan fingerprint density at radius 1 is 1.00 bits per heavy atom. The van der Waals surface area contributed by atoms with Gasteiger partial charge in [0.25, 0.3) is 0 Å². The highest BCUT2D eigenvalue weighted by Crippen LogP contribution is 2.26. The highest BCUT2D eigenvalue weighted by Gasteiger charge is 2.14. The molecule has 0 amide bonds. The van der Waals surface area contributed by atoms with Gasteiger partial charge in [0.1, 0.15) is 17.6 Å². The molecule has 1 N–H and O–H groups in total. The molecule has 2 rings (SSSR count). The number of furan rings is 1. The molecule has 102 valence electrons. The molecule has 1 aromatic heterocycles. The standard InChI is InChI=1S/C17H22O2/c1-4-12(3)13-6-8-14(9-7-13)17(18)16-11-10-15(5-2)19-16/h6-12,17-18H,4-5H2,1-3H3. The lowest BCUT2D eigenvalue weighted by atomic mass is 9.96. The maximum atomic E-state index is 10.3. The van der Waals surface area contributed by atoms with Crippen molar-refractivity contribution in [2.24, 2.45) is 0 Å². The van der Waals surface area contributed by atoms with Gasteiger partial charge in [0.2, 0.25) is 0 Å². The first-order valence-electron chi connectivity index (χ1n) is 7.02. The normalized spacial score (nSPS) is 14.3. The van der Waals surface area contributed by atoms with E-state index in [2.05, 4.69) is 26.0 Å². The summed E-state index contributed by atoms with van der Waals surface area (Å²) in [6, 6.07) is 11.9. The molecule has 0 saturated heterocycles. The van der Waals surface area contributed by atoms with Crippen molar-refractivity contribution in [3.05, 3.63) is 59.0 Å². The van der Waals surface area contributed by atoms with Gasteiger partial charge in [-0.15, -0.1) is 0 Å². The van der Waals surface area contributed by atoms with E-state index in [9.17, 15) is 5.11 Å². The molecule has 0 aliphatic rings. The molecule has 1 aromatic carbocycles. The van der Waals surface area contributed by atoms with Gasteiger partial charge in [0, 0.05) is 6.42 Å². The minimum atomic E-state index is -0.675. The van der Waals surface area contributed by atoms with Crippen LogP contribution in [0.4, 0.5) is 0 Å². The summed E-state index contributed by atoms with van der Waals surface area (Å²) in [5.41, 5.74) is 2.19. The first-order chi connectivity index (χ1) is 9.15. The van der Waals surface area contributed by atoms with E-state index < -0.39 is 6.10 Å². The number of aliphatic hydroxyl groups is 1. The molecule has 0 aliphatic heterocycles. The Balaban J connectivity index is 2.17. The summed E-state index contributed by atoms with van der Waals surface area (Å²) in [6.07, 6.45) is 1.30. The van der Waals surface area contributed by atoms with Crippen LogP contribution in [-0.4, -0.2) is 5.11 Å². The lowest BCUT2D eigenvalue weighted by molar-refractivity contribution is 0.187. The summed E-state index contributed by atoms with van der Waals surface area (Å²) < 4.78 is 5.60. The highest BCUT2D eigenvalue weighted by atomic mass is 16.4. The van der Waals surface area contributed by atoms with Gasteiger partial charge in [0.15, 0.2) is 0 Å². The Morgan fingerprint density at radius 3 is 2.16 bits per heavy atom. The van der Waals surface area contributed by atoms with Crippen molar-refractivity contribution in [2.45, 2.75) is 45.6 Å². The van der Waals surface area contributed by atoms with Crippen LogP contribution >= 0.6 is 0 Å². The third-order valence-electron chi connectivity index (χ3n) is 3.73. The van der Waals surface area contributed by atoms with Crippen molar-refractivity contribution in [1.82, 2.24) is 0 Å². The Bertz CT molecular complexity index is 510. The van der Waals surface area contributed by atoms with E-state index in [1.54, 1.807) is 0 Å². The topological polar surface area (TPSA) is 33.4 Å². The molecule has 2 nitrogen and oxygen atoms in total. The lowest BCUT2D eigenvalue weighted by Gasteiger charge is -2.12. The molecular formula is C17H22O2. The number of hydrogen-bond acceptors (Lipinski definition) is 2. The Kier molecular flexibility index (Phi) is 4.43. The summed E-state index contributed by atoms with van der Waals surface area (Å²) in [6.45, 7) is 6.43. The summed E-state index contributed by atoms with van der Waals surface area (Å²) in [5, 5.41) is 10.3. The molecule has 2 heteroatoms. The molecule has 0 saturated carbocycles. The fraction of sp³-hybridized carbons (Fsp3) is 0.412. The second-order valence-electron chi connectivity index (χ2n) is 5.04. The number of rotatable bonds is 5. The van der Waals surface area contributed by atoms with Gasteiger partial charge in [-0.2, -0.15) is 0 Å². The van der Waals surface area contributed by atoms with Crippen LogP contribution in [0.25, 0.3) is 0 Å². The second-order valence-corrected chi connectivity index (χ2v) is 5.04. The fourth-order valence-electron chi connectivity index (χ4n) is 2.14. The zero-order valence-corrected chi connectivity index (χ0v) is 11.9. The number of aliphatic hydroxyl groups excluding tert-OH is 1. The Labute approximate surface area is 115 Å². The maximum Gasteiger partial charge on any atom is 0.137 e. The van der Waals surface area contributed by atoms with E-state index in [1.807, 2.05) is 31.2 Å². The number of aryl methyl sites for hydroxylation is 1. The highest BCUT2D eigenvalue weighted by molar-refractivity contribution is 5.30. The summed E-state index contributed by atoms with van der Waals surface area (Å²) in [7, 11) is 0. The summed E-state index contributed by atoms with van der Waals surface area (Å²) >= 11 is 0. The molecule has 2 atom stereocenters. The predicted molar refractivity (Wildman–Crippen MR) is 77.3 cm³/mol. The summed E-state index contributed by atoms with van der Waals surface area (Å²) in [4.78, 5) is 0. The molecule has 1 heterocycles. The maximum absolute atomic E-state index is 10.3. The van der Waals surface area contributed by atoms with Gasteiger partial charge in [0.05, 0.1) is 0 Å². The first-order valence-corrected chi connectivity index (χ1v) is 7.02. The van der Waals surface area contributed by atoms with Gasteiger partial charge < -0.3 is 9.52 Å². The SMILES string of the molecule is CCc1ccc(C(O)c2ccc(C(C)CC)cc2)o1. The van der Waals surface area contributed by atoms with E-state index in [0.29, 0.717) is 11.7 Å². The van der Waals surface area contributed by atoms with Crippen LogP contribution in [0.15, 0.2) is 40.8 Å². The zero-order chi connectivity index (χ0) is 13.8. The quantitative estimate of drug-likeness (QED) is 0.860. The van der Waals surface area contributed by atoms with Gasteiger partial charge in [-0.05, 0) is 35.6 Å². The molecule has 2 aromatic rings. The Morgan fingerprint density at radius 2 is 1.63 bits per heavy atom. The van der Waals surface area contributed by atoms with Gasteiger partial charge in [-0.1, -0.05) is 45.0 Å². The third-order valence-corrected chi connectivity index (χ3v) is 3.73. The average molecular weight is 258 g/mol. The van der Waals surface area contributed by atoms with Crippen molar-refractivity contribution in [3.63, 3.8) is 0 Å². The van der Waals surface area contributed by atoms with Crippen LogP contribution < -0.4 is 0 Å². The van der Waals surface area contributed by atoms with E-state index in [0.717, 1.165) is 24.2 Å². The van der Waals surface area contributed by atoms with Crippen LogP contribution in [0.2, 0.25) is 0 Å². The van der Waals surface area contributed by atoms with Crippen LogP contribution in [0, 0.1) is 0 Å². The van der Waals surface area contributed by atoms with Crippen molar-refractivity contribution >= 4 is 0 Å². The molecular weight excluding hydrogens is 236 g/mol. The lowest BCUT2D eigenvalue weighted by Crippen LogP contribution is -1.99. The van der Waals surface area contributed by atoms with Crippen LogP contribution in [-0.2, 0) is 6.42 Å². The first kappa shape index (κ1) is 13.9. The van der Waals surface area contributed by atoms with E-state index in [4.69, 9.17) is 4.42 Å². The molecule has 0 spiro atoms. The Hall–Kier alpha value is -1.54. The minimum Gasteiger partial charge on any atom is -0.463 e. The van der Waals surface area contributed by atoms with Crippen LogP contribution in [0.1, 0.15) is 61.9 Å². The van der Waals surface area contributed by atoms with E-state index >= 15 is 0 Å². The minimum absolute atomic E-state index is 0.557. The van der Waals surface area contributed by atoms with E-state index in [1.165, 1.54) is 5.56 Å². The smallest absolute Gasteiger partial charge is 0.137 e. The molecule has 0 bridgehead atoms. The van der Waals surface area contributed by atoms with Gasteiger partial charge in [-0.3, -0.25) is 0 Å². The van der Waals surface area contributed by atoms with Gasteiger partial charge >= 0.3 is 0 Å². The summed E-state index contributed by atoms with van der Waals surface area (Å²) in [5.74, 6) is 2.08. The molecule has 0 radical (unpaired) electrons. The van der Waals surface area contributed by atoms with Crippen molar-refractivity contribution in [1.29, 1.82) is 0 Å². The average Bonchev–Trinajstić information content (AvgIpc) is 2.94. The predicted octanol–water partition coefficient (Wildman–Crippen LogP) is 4.44. The van der Waals surface area contributed by atoms with Crippen LogP contribution in [0.3, 0.4) is 0 Å². The van der Waals surface area contributed by atoms with E-state index in [-0.39, 0.29) is 0 Å². The third kappa shape index (κ3) is 3.07. The number of hydrogen-bond donors (Lipinski definition) is 1. The van der Waals surface area contributed by atoms with Gasteiger partial charge in [-0.25, -0.2) is 0 Å². The van der Waals surface area contributed by atoms with Crippen molar-refractivity contribution < 1.29 is 9.52 Å². The number of benzene rings is 1. The second kappa shape index (κ2) is 6.07. The van der Waals surface area contributed by atoms with Crippen molar-refractivity contribution in [3.8, 4) is 0 Å². The zero-order valence-electron chi connectivity index (χ0n) is 11.9. The van der Waals surface area contributed by atoms with Crippen LogP contribution in [0.5, 0.6) is 0 Å². The molecule has 19 heavy (non-hydrogen) atoms. The fourth-order valence-corrected chi connectivity index (χ4v) is 2.14. The molecule has 0 aliphatic carbocycles. The largest absolute Gasteiger partial charge is 0.463 e. The van der Waals surface area contributed by atoms with Crippen molar-refractivity contribution in [2.75, 3.05) is 0 Å².